The van der Waals surface area contributed by atoms with Crippen molar-refractivity contribution in [1.29, 1.82) is 0 Å². The fourth-order valence-corrected chi connectivity index (χ4v) is 3.29. The van der Waals surface area contributed by atoms with Crippen molar-refractivity contribution in [1.82, 2.24) is 4.90 Å². The minimum atomic E-state index is -1.18. The van der Waals surface area contributed by atoms with E-state index in [9.17, 15) is 9.59 Å². The summed E-state index contributed by atoms with van der Waals surface area (Å²) in [5.74, 6) is -0.0583. The van der Waals surface area contributed by atoms with E-state index >= 15 is 0 Å². The van der Waals surface area contributed by atoms with Crippen molar-refractivity contribution in [2.24, 2.45) is 4.99 Å². The van der Waals surface area contributed by atoms with Crippen LogP contribution in [0.3, 0.4) is 0 Å². The van der Waals surface area contributed by atoms with E-state index in [4.69, 9.17) is 9.73 Å². The van der Waals surface area contributed by atoms with Crippen LogP contribution in [-0.4, -0.2) is 40.3 Å². The number of amidine groups is 1. The van der Waals surface area contributed by atoms with Crippen LogP contribution in [-0.2, 0) is 20.7 Å². The van der Waals surface area contributed by atoms with Gasteiger partial charge in [0.15, 0.2) is 5.54 Å². The Morgan fingerprint density at radius 3 is 2.14 bits per heavy atom. The van der Waals surface area contributed by atoms with Crippen molar-refractivity contribution in [2.45, 2.75) is 45.3 Å². The fourth-order valence-electron chi connectivity index (χ4n) is 3.29. The number of carbonyl (C=O) groups is 2. The quantitative estimate of drug-likeness (QED) is 0.764. The fraction of sp³-hybridized carbons (Fsp3) is 0.348. The number of nitrogens with zero attached hydrogens (tertiary/aromatic N) is 2. The summed E-state index contributed by atoms with van der Waals surface area (Å²) in [6.45, 7) is 7.16. The Bertz CT molecular complexity index is 885. The number of rotatable bonds is 4. The predicted octanol–water partition coefficient (Wildman–Crippen LogP) is 3.62. The third kappa shape index (κ3) is 4.30. The van der Waals surface area contributed by atoms with Gasteiger partial charge in [-0.3, -0.25) is 9.69 Å². The molecule has 1 amide bonds. The summed E-state index contributed by atoms with van der Waals surface area (Å²) in [6.07, 6.45) is 0.364. The largest absolute Gasteiger partial charge is 0.458 e. The first-order valence-corrected chi connectivity index (χ1v) is 9.41. The van der Waals surface area contributed by atoms with Gasteiger partial charge in [-0.1, -0.05) is 60.7 Å². The van der Waals surface area contributed by atoms with Gasteiger partial charge in [-0.15, -0.1) is 0 Å². The summed E-state index contributed by atoms with van der Waals surface area (Å²) in [5, 5.41) is 0. The lowest BCUT2D eigenvalue weighted by molar-refractivity contribution is -0.161. The molecule has 0 saturated heterocycles. The number of carbonyl (C=O) groups excluding carboxylic acids is 2. The first-order valence-electron chi connectivity index (χ1n) is 9.41. The van der Waals surface area contributed by atoms with E-state index in [-0.39, 0.29) is 12.5 Å². The van der Waals surface area contributed by atoms with Crippen LogP contribution in [0.25, 0.3) is 0 Å². The van der Waals surface area contributed by atoms with Gasteiger partial charge < -0.3 is 4.74 Å². The summed E-state index contributed by atoms with van der Waals surface area (Å²) < 4.78 is 5.73. The van der Waals surface area contributed by atoms with Gasteiger partial charge in [0.25, 0.3) is 0 Å². The van der Waals surface area contributed by atoms with Gasteiger partial charge in [-0.05, 0) is 26.3 Å². The Morgan fingerprint density at radius 1 is 1.04 bits per heavy atom. The highest BCUT2D eigenvalue weighted by atomic mass is 16.6. The molecule has 1 heterocycles. The molecule has 146 valence electrons. The number of amides is 1. The van der Waals surface area contributed by atoms with E-state index < -0.39 is 17.1 Å². The van der Waals surface area contributed by atoms with Gasteiger partial charge in [0.1, 0.15) is 11.4 Å². The molecule has 2 aromatic carbocycles. The molecule has 3 rings (SSSR count). The average Bonchev–Trinajstić information content (AvgIpc) is 3.03. The topological polar surface area (TPSA) is 59.0 Å². The molecule has 5 heteroatoms. The average molecular weight is 378 g/mol. The molecule has 0 aromatic heterocycles. The second-order valence-corrected chi connectivity index (χ2v) is 8.10. The molecule has 5 nitrogen and oxygen atoms in total. The van der Waals surface area contributed by atoms with Crippen LogP contribution in [0.1, 0.15) is 38.8 Å². The van der Waals surface area contributed by atoms with Crippen molar-refractivity contribution < 1.29 is 14.3 Å². The molecule has 0 spiro atoms. The van der Waals surface area contributed by atoms with E-state index in [0.717, 1.165) is 11.1 Å². The summed E-state index contributed by atoms with van der Waals surface area (Å²) in [5.41, 5.74) is -0.0516. The minimum absolute atomic E-state index is 0.152. The first-order chi connectivity index (χ1) is 13.2. The van der Waals surface area contributed by atoms with E-state index in [0.29, 0.717) is 12.3 Å². The number of ether oxygens (including phenoxy) is 1. The Labute approximate surface area is 166 Å². The maximum Gasteiger partial charge on any atom is 0.336 e. The van der Waals surface area contributed by atoms with Crippen LogP contribution >= 0.6 is 0 Å². The molecule has 0 fully saturated rings. The standard InChI is InChI=1S/C23H26N2O3/c1-17(26)25-16-23(21(27)28-22(2,3)4,15-18-11-7-5-8-12-18)24-20(25)19-13-9-6-10-14-19/h5-14H,15-16H2,1-4H3/t23-/m0/s1. The number of benzene rings is 2. The second kappa shape index (κ2) is 7.58. The van der Waals surface area contributed by atoms with Crippen molar-refractivity contribution in [3.63, 3.8) is 0 Å². The summed E-state index contributed by atoms with van der Waals surface area (Å²) in [6, 6.07) is 19.2. The second-order valence-electron chi connectivity index (χ2n) is 8.10. The third-order valence-electron chi connectivity index (χ3n) is 4.53. The Hall–Kier alpha value is -2.95. The van der Waals surface area contributed by atoms with Crippen LogP contribution in [0.15, 0.2) is 65.7 Å². The van der Waals surface area contributed by atoms with Crippen LogP contribution in [0, 0.1) is 0 Å². The monoisotopic (exact) mass is 378 g/mol. The molecule has 1 atom stereocenters. The number of aliphatic imine (C=N–C) groups is 1. The smallest absolute Gasteiger partial charge is 0.336 e. The first kappa shape index (κ1) is 19.8. The zero-order valence-electron chi connectivity index (χ0n) is 16.8. The summed E-state index contributed by atoms with van der Waals surface area (Å²) in [7, 11) is 0. The normalized spacial score (nSPS) is 19.3. The van der Waals surface area contributed by atoms with E-state index in [1.54, 1.807) is 4.90 Å². The number of esters is 1. The SMILES string of the molecule is CC(=O)N1C[C@@](Cc2ccccc2)(C(=O)OC(C)(C)C)N=C1c1ccccc1. The number of hydrogen-bond donors (Lipinski definition) is 0. The number of hydrogen-bond acceptors (Lipinski definition) is 4. The van der Waals surface area contributed by atoms with Crippen molar-refractivity contribution in [2.75, 3.05) is 6.54 Å². The molecule has 0 N–H and O–H groups in total. The summed E-state index contributed by atoms with van der Waals surface area (Å²) >= 11 is 0. The molecule has 0 bridgehead atoms. The molecule has 1 aliphatic heterocycles. The van der Waals surface area contributed by atoms with Crippen molar-refractivity contribution >= 4 is 17.7 Å². The molecular weight excluding hydrogens is 352 g/mol. The van der Waals surface area contributed by atoms with Crippen molar-refractivity contribution in [3.05, 3.63) is 71.8 Å². The Balaban J connectivity index is 2.08. The lowest BCUT2D eigenvalue weighted by Gasteiger charge is -2.29. The highest BCUT2D eigenvalue weighted by Gasteiger charge is 2.49. The molecule has 28 heavy (non-hydrogen) atoms. The zero-order valence-corrected chi connectivity index (χ0v) is 16.8. The molecule has 0 radical (unpaired) electrons. The third-order valence-corrected chi connectivity index (χ3v) is 4.53. The molecule has 1 aliphatic rings. The van der Waals surface area contributed by atoms with E-state index in [1.807, 2.05) is 81.4 Å². The van der Waals surface area contributed by atoms with Gasteiger partial charge in [0.2, 0.25) is 5.91 Å². The predicted molar refractivity (Wildman–Crippen MR) is 109 cm³/mol. The summed E-state index contributed by atoms with van der Waals surface area (Å²) in [4.78, 5) is 32.0. The lowest BCUT2D eigenvalue weighted by Crippen LogP contribution is -2.48. The van der Waals surface area contributed by atoms with Crippen LogP contribution < -0.4 is 0 Å². The maximum atomic E-state index is 13.3. The van der Waals surface area contributed by atoms with Gasteiger partial charge in [0, 0.05) is 18.9 Å². The molecule has 2 aromatic rings. The molecule has 0 unspecified atom stereocenters. The van der Waals surface area contributed by atoms with Crippen LogP contribution in [0.2, 0.25) is 0 Å². The van der Waals surface area contributed by atoms with Crippen LogP contribution in [0.4, 0.5) is 0 Å². The zero-order chi connectivity index (χ0) is 20.4. The molecule has 0 saturated carbocycles. The van der Waals surface area contributed by atoms with Crippen LogP contribution in [0.5, 0.6) is 0 Å². The minimum Gasteiger partial charge on any atom is -0.458 e. The van der Waals surface area contributed by atoms with E-state index in [2.05, 4.69) is 0 Å². The van der Waals surface area contributed by atoms with Gasteiger partial charge in [-0.2, -0.15) is 0 Å². The molecular formula is C23H26N2O3. The highest BCUT2D eigenvalue weighted by molar-refractivity contribution is 6.11. The maximum absolute atomic E-state index is 13.3. The van der Waals surface area contributed by atoms with Gasteiger partial charge in [0.05, 0.1) is 6.54 Å². The van der Waals surface area contributed by atoms with Crippen molar-refractivity contribution in [3.8, 4) is 0 Å². The highest BCUT2D eigenvalue weighted by Crippen LogP contribution is 2.31. The van der Waals surface area contributed by atoms with E-state index in [1.165, 1.54) is 6.92 Å². The van der Waals surface area contributed by atoms with Gasteiger partial charge in [-0.25, -0.2) is 9.79 Å². The lowest BCUT2D eigenvalue weighted by atomic mass is 9.91. The Kier molecular flexibility index (Phi) is 5.36. The Morgan fingerprint density at radius 2 is 1.61 bits per heavy atom. The van der Waals surface area contributed by atoms with Gasteiger partial charge >= 0.3 is 5.97 Å². The molecule has 0 aliphatic carbocycles.